The summed E-state index contributed by atoms with van der Waals surface area (Å²) < 4.78 is 0. The third-order valence-electron chi connectivity index (χ3n) is 5.35. The van der Waals surface area contributed by atoms with Crippen molar-refractivity contribution in [3.8, 4) is 28.1 Å². The number of aromatic amines is 1. The van der Waals surface area contributed by atoms with Crippen LogP contribution in [0, 0.1) is 5.92 Å². The molecule has 3 N–H and O–H groups in total. The predicted octanol–water partition coefficient (Wildman–Crippen LogP) is 2.67. The van der Waals surface area contributed by atoms with Crippen molar-refractivity contribution in [1.29, 1.82) is 0 Å². The lowest BCUT2D eigenvalue weighted by atomic mass is 9.94. The van der Waals surface area contributed by atoms with Gasteiger partial charge in [-0.05, 0) is 55.3 Å². The lowest BCUT2D eigenvalue weighted by Crippen LogP contribution is -2.47. The Hall–Kier alpha value is -2.93. The van der Waals surface area contributed by atoms with Gasteiger partial charge in [0.1, 0.15) is 5.75 Å². The van der Waals surface area contributed by atoms with E-state index in [2.05, 4.69) is 44.6 Å². The molecule has 7 nitrogen and oxygen atoms in total. The molecule has 0 radical (unpaired) electrons. The molecule has 2 aromatic heterocycles. The lowest BCUT2D eigenvalue weighted by molar-refractivity contribution is 0.338. The molecule has 3 aromatic rings. The van der Waals surface area contributed by atoms with Crippen LogP contribution in [0.4, 0.5) is 5.82 Å². The summed E-state index contributed by atoms with van der Waals surface area (Å²) in [7, 11) is 2.08. The van der Waals surface area contributed by atoms with E-state index in [9.17, 15) is 5.11 Å². The van der Waals surface area contributed by atoms with Crippen molar-refractivity contribution < 1.29 is 5.11 Å². The number of benzene rings is 1. The first-order valence-corrected chi connectivity index (χ1v) is 9.23. The van der Waals surface area contributed by atoms with E-state index in [1.54, 1.807) is 18.5 Å². The first-order chi connectivity index (χ1) is 13.1. The van der Waals surface area contributed by atoms with Crippen molar-refractivity contribution in [2.75, 3.05) is 25.0 Å². The topological polar surface area (TPSA) is 90.0 Å². The maximum atomic E-state index is 10.4. The second kappa shape index (κ2) is 7.36. The van der Waals surface area contributed by atoms with Gasteiger partial charge in [-0.15, -0.1) is 10.2 Å². The highest BCUT2D eigenvalue weighted by molar-refractivity contribution is 5.73. The zero-order chi connectivity index (χ0) is 18.8. The van der Waals surface area contributed by atoms with Crippen LogP contribution in [0.3, 0.4) is 0 Å². The summed E-state index contributed by atoms with van der Waals surface area (Å²) in [5.74, 6) is 1.59. The van der Waals surface area contributed by atoms with E-state index in [1.165, 1.54) is 0 Å². The van der Waals surface area contributed by atoms with Crippen LogP contribution >= 0.6 is 0 Å². The van der Waals surface area contributed by atoms with Crippen LogP contribution in [0.15, 0.2) is 42.7 Å². The maximum Gasteiger partial charge on any atom is 0.151 e. The molecule has 0 spiro atoms. The van der Waals surface area contributed by atoms with Crippen molar-refractivity contribution >= 4 is 5.82 Å². The monoisotopic (exact) mass is 364 g/mol. The number of hydrogen-bond donors (Lipinski definition) is 3. The van der Waals surface area contributed by atoms with Gasteiger partial charge in [0.15, 0.2) is 5.82 Å². The number of nitrogens with zero attached hydrogens (tertiary/aromatic N) is 4. The van der Waals surface area contributed by atoms with Crippen molar-refractivity contribution in [2.24, 2.45) is 5.92 Å². The van der Waals surface area contributed by atoms with Gasteiger partial charge < -0.3 is 15.3 Å². The highest BCUT2D eigenvalue weighted by atomic mass is 16.3. The van der Waals surface area contributed by atoms with Crippen LogP contribution in [0.5, 0.6) is 5.75 Å². The minimum absolute atomic E-state index is 0.177. The smallest absolute Gasteiger partial charge is 0.151 e. The number of phenolic OH excluding ortho intramolecular Hbond substituents is 1. The quantitative estimate of drug-likeness (QED) is 0.659. The number of phenols is 1. The van der Waals surface area contributed by atoms with E-state index < -0.39 is 0 Å². The number of piperidine rings is 1. The number of hydrogen-bond acceptors (Lipinski definition) is 6. The third kappa shape index (κ3) is 3.50. The maximum absolute atomic E-state index is 10.4. The van der Waals surface area contributed by atoms with E-state index in [1.807, 2.05) is 24.3 Å². The molecular weight excluding hydrogens is 340 g/mol. The van der Waals surface area contributed by atoms with Crippen LogP contribution in [-0.4, -0.2) is 51.7 Å². The van der Waals surface area contributed by atoms with Gasteiger partial charge in [-0.1, -0.05) is 13.0 Å². The highest BCUT2D eigenvalue weighted by Crippen LogP contribution is 2.32. The summed E-state index contributed by atoms with van der Waals surface area (Å²) in [6, 6.07) is 9.86. The Morgan fingerprint density at radius 2 is 2.04 bits per heavy atom. The molecule has 3 heterocycles. The van der Waals surface area contributed by atoms with Crippen molar-refractivity contribution in [3.05, 3.63) is 42.7 Å². The molecule has 1 fully saturated rings. The summed E-state index contributed by atoms with van der Waals surface area (Å²) in [5, 5.41) is 29.4. The number of aromatic hydroxyl groups is 1. The Morgan fingerprint density at radius 3 is 2.70 bits per heavy atom. The molecule has 1 saturated heterocycles. The predicted molar refractivity (Wildman–Crippen MR) is 106 cm³/mol. The number of H-pyrrole nitrogens is 1. The average Bonchev–Trinajstić information content (AvgIpc) is 3.23. The van der Waals surface area contributed by atoms with Gasteiger partial charge in [-0.3, -0.25) is 5.10 Å². The largest absolute Gasteiger partial charge is 0.507 e. The fourth-order valence-corrected chi connectivity index (χ4v) is 3.74. The molecule has 7 heteroatoms. The van der Waals surface area contributed by atoms with Gasteiger partial charge in [0, 0.05) is 30.4 Å². The van der Waals surface area contributed by atoms with Crippen molar-refractivity contribution in [1.82, 2.24) is 25.7 Å². The average molecular weight is 364 g/mol. The van der Waals surface area contributed by atoms with E-state index in [-0.39, 0.29) is 5.75 Å². The molecule has 0 saturated carbocycles. The van der Waals surface area contributed by atoms with E-state index in [4.69, 9.17) is 0 Å². The zero-order valence-electron chi connectivity index (χ0n) is 15.6. The van der Waals surface area contributed by atoms with Crippen LogP contribution in [0.1, 0.15) is 13.3 Å². The van der Waals surface area contributed by atoms with E-state index in [0.29, 0.717) is 23.2 Å². The summed E-state index contributed by atoms with van der Waals surface area (Å²) in [6.07, 6.45) is 4.61. The summed E-state index contributed by atoms with van der Waals surface area (Å²) >= 11 is 0. The third-order valence-corrected chi connectivity index (χ3v) is 5.35. The normalized spacial score (nSPS) is 19.8. The highest BCUT2D eigenvalue weighted by Gasteiger charge is 2.25. The van der Waals surface area contributed by atoms with E-state index >= 15 is 0 Å². The molecule has 1 aliphatic rings. The molecule has 140 valence electrons. The molecular formula is C20H24N6O. The molecule has 0 bridgehead atoms. The molecule has 1 aromatic carbocycles. The lowest BCUT2D eigenvalue weighted by Gasteiger charge is -2.37. The van der Waals surface area contributed by atoms with Crippen LogP contribution in [-0.2, 0) is 0 Å². The number of aromatic nitrogens is 4. The minimum atomic E-state index is 0.177. The fourth-order valence-electron chi connectivity index (χ4n) is 3.74. The fraction of sp³-hybridized carbons (Fsp3) is 0.350. The Balaban J connectivity index is 1.55. The van der Waals surface area contributed by atoms with Gasteiger partial charge in [0.2, 0.25) is 0 Å². The van der Waals surface area contributed by atoms with Crippen molar-refractivity contribution in [3.63, 3.8) is 0 Å². The second-order valence-corrected chi connectivity index (χ2v) is 7.14. The minimum Gasteiger partial charge on any atom is -0.507 e. The Morgan fingerprint density at radius 1 is 1.15 bits per heavy atom. The molecule has 4 rings (SSSR count). The number of anilines is 1. The molecule has 0 amide bonds. The summed E-state index contributed by atoms with van der Waals surface area (Å²) in [5.41, 5.74) is 3.14. The van der Waals surface area contributed by atoms with Crippen molar-refractivity contribution in [2.45, 2.75) is 19.4 Å². The molecule has 0 unspecified atom stereocenters. The Kier molecular flexibility index (Phi) is 4.77. The number of nitrogens with one attached hydrogen (secondary N) is 2. The van der Waals surface area contributed by atoms with Gasteiger partial charge in [-0.2, -0.15) is 5.10 Å². The van der Waals surface area contributed by atoms with Gasteiger partial charge >= 0.3 is 0 Å². The van der Waals surface area contributed by atoms with Crippen LogP contribution in [0.2, 0.25) is 0 Å². The van der Waals surface area contributed by atoms with Crippen LogP contribution in [0.25, 0.3) is 22.4 Å². The SMILES string of the molecule is C[C@H]1CNCC[C@H]1N(C)c1ccc(-c2ccc(-c3cn[nH]c3)cc2O)nn1. The Bertz CT molecular complexity index is 893. The molecule has 2 atom stereocenters. The molecule has 1 aliphatic heterocycles. The van der Waals surface area contributed by atoms with Gasteiger partial charge in [-0.25, -0.2) is 0 Å². The summed E-state index contributed by atoms with van der Waals surface area (Å²) in [4.78, 5) is 2.21. The van der Waals surface area contributed by atoms with E-state index in [0.717, 1.165) is 36.5 Å². The Labute approximate surface area is 158 Å². The molecule has 0 aliphatic carbocycles. The second-order valence-electron chi connectivity index (χ2n) is 7.14. The first kappa shape index (κ1) is 17.5. The zero-order valence-corrected chi connectivity index (χ0v) is 15.6. The molecule has 27 heavy (non-hydrogen) atoms. The first-order valence-electron chi connectivity index (χ1n) is 9.23. The summed E-state index contributed by atoms with van der Waals surface area (Å²) in [6.45, 7) is 4.31. The number of rotatable bonds is 4. The standard InChI is InChI=1S/C20H24N6O/c1-13-10-21-8-7-18(13)26(2)20-6-5-17(24-25-20)16-4-3-14(9-19(16)27)15-11-22-23-12-15/h3-6,9,11-13,18,21,27H,7-8,10H2,1-2H3,(H,22,23)/t13-,18+/m0/s1. The van der Waals surface area contributed by atoms with Gasteiger partial charge in [0.05, 0.1) is 11.9 Å². The van der Waals surface area contributed by atoms with Gasteiger partial charge in [0.25, 0.3) is 0 Å². The van der Waals surface area contributed by atoms with Crippen LogP contribution < -0.4 is 10.2 Å².